The second-order valence-electron chi connectivity index (χ2n) is 6.69. The zero-order chi connectivity index (χ0) is 19.3. The van der Waals surface area contributed by atoms with Crippen molar-refractivity contribution in [3.63, 3.8) is 0 Å². The molecule has 0 aliphatic rings. The fourth-order valence-electron chi connectivity index (χ4n) is 3.67. The predicted octanol–water partition coefficient (Wildman–Crippen LogP) is 6.31. The van der Waals surface area contributed by atoms with Crippen LogP contribution in [-0.4, -0.2) is 19.0 Å². The summed E-state index contributed by atoms with van der Waals surface area (Å²) in [6, 6.07) is 29.7. The van der Waals surface area contributed by atoms with Gasteiger partial charge in [0.2, 0.25) is 5.96 Å². The summed E-state index contributed by atoms with van der Waals surface area (Å²) in [5, 5.41) is 8.50. The van der Waals surface area contributed by atoms with Gasteiger partial charge in [-0.15, -0.1) is 0 Å². The Labute approximate surface area is 166 Å². The van der Waals surface area contributed by atoms with Crippen LogP contribution in [0, 0.1) is 0 Å². The van der Waals surface area contributed by atoms with Crippen LogP contribution in [0.5, 0.6) is 0 Å². The van der Waals surface area contributed by atoms with Crippen LogP contribution >= 0.6 is 0 Å². The van der Waals surface area contributed by atoms with Crippen LogP contribution < -0.4 is 10.2 Å². The molecule has 0 aliphatic carbocycles. The summed E-state index contributed by atoms with van der Waals surface area (Å²) in [7, 11) is 0. The molecule has 28 heavy (non-hydrogen) atoms. The molecule has 1 N–H and O–H groups in total. The molecule has 0 aliphatic heterocycles. The van der Waals surface area contributed by atoms with Gasteiger partial charge in [0.05, 0.1) is 5.69 Å². The summed E-state index contributed by atoms with van der Waals surface area (Å²) in [6.07, 6.45) is 0. The second kappa shape index (κ2) is 8.13. The monoisotopic (exact) mass is 367 g/mol. The van der Waals surface area contributed by atoms with Gasteiger partial charge in [0.1, 0.15) is 0 Å². The van der Waals surface area contributed by atoms with Gasteiger partial charge in [0.15, 0.2) is 0 Å². The van der Waals surface area contributed by atoms with Gasteiger partial charge in [-0.2, -0.15) is 0 Å². The molecule has 0 saturated heterocycles. The fraction of sp³-hybridized carbons (Fsp3) is 0.160. The topological polar surface area (TPSA) is 27.6 Å². The maximum absolute atomic E-state index is 4.81. The van der Waals surface area contributed by atoms with Gasteiger partial charge in [-0.25, -0.2) is 0 Å². The normalized spacial score (nSPS) is 11.7. The van der Waals surface area contributed by atoms with Gasteiger partial charge < -0.3 is 10.2 Å². The number of hydrogen-bond donors (Lipinski definition) is 1. The highest BCUT2D eigenvalue weighted by Crippen LogP contribution is 2.28. The first-order valence-corrected chi connectivity index (χ1v) is 9.86. The van der Waals surface area contributed by atoms with Gasteiger partial charge in [-0.1, -0.05) is 72.8 Å². The molecule has 0 fully saturated rings. The zero-order valence-corrected chi connectivity index (χ0v) is 16.4. The molecule has 0 unspecified atom stereocenters. The van der Waals surface area contributed by atoms with E-state index in [1.54, 1.807) is 0 Å². The Kier molecular flexibility index (Phi) is 5.24. The molecule has 0 spiro atoms. The van der Waals surface area contributed by atoms with E-state index in [-0.39, 0.29) is 0 Å². The highest BCUT2D eigenvalue weighted by atomic mass is 15.3. The number of anilines is 2. The lowest BCUT2D eigenvalue weighted by atomic mass is 10.1. The molecule has 0 aromatic heterocycles. The summed E-state index contributed by atoms with van der Waals surface area (Å²) in [5.41, 5.74) is 2.24. The lowest BCUT2D eigenvalue weighted by Gasteiger charge is -2.27. The van der Waals surface area contributed by atoms with E-state index < -0.39 is 0 Å². The Morgan fingerprint density at radius 2 is 1.36 bits per heavy atom. The van der Waals surface area contributed by atoms with Gasteiger partial charge in [-0.3, -0.25) is 4.99 Å². The van der Waals surface area contributed by atoms with Crippen LogP contribution in [0.25, 0.3) is 21.5 Å². The van der Waals surface area contributed by atoms with Crippen molar-refractivity contribution in [1.29, 1.82) is 0 Å². The number of fused-ring (bicyclic) bond motifs is 2. The first kappa shape index (κ1) is 18.1. The first-order valence-electron chi connectivity index (χ1n) is 9.86. The standard InChI is InChI=1S/C25H25N3/c1-3-26-25(27-23-17-9-13-19-11-5-7-15-21(19)23)28(4-2)24-18-10-14-20-12-6-8-16-22(20)24/h5-18H,3-4H2,1-2H3,(H,26,27). The largest absolute Gasteiger partial charge is 0.325 e. The third-order valence-electron chi connectivity index (χ3n) is 4.97. The maximum Gasteiger partial charge on any atom is 0.203 e. The molecular weight excluding hydrogens is 342 g/mol. The molecule has 0 saturated carbocycles. The molecule has 0 radical (unpaired) electrons. The van der Waals surface area contributed by atoms with Gasteiger partial charge in [-0.05, 0) is 36.8 Å². The molecule has 4 rings (SSSR count). The van der Waals surface area contributed by atoms with Crippen LogP contribution in [0.2, 0.25) is 0 Å². The summed E-state index contributed by atoms with van der Waals surface area (Å²) in [4.78, 5) is 7.07. The van der Waals surface area contributed by atoms with Gasteiger partial charge in [0.25, 0.3) is 0 Å². The summed E-state index contributed by atoms with van der Waals surface area (Å²) >= 11 is 0. The van der Waals surface area contributed by atoms with Crippen molar-refractivity contribution in [1.82, 2.24) is 0 Å². The van der Waals surface area contributed by atoms with Crippen molar-refractivity contribution in [2.75, 3.05) is 23.3 Å². The number of benzene rings is 4. The third-order valence-corrected chi connectivity index (χ3v) is 4.97. The highest BCUT2D eigenvalue weighted by molar-refractivity contribution is 6.13. The Morgan fingerprint density at radius 1 is 0.750 bits per heavy atom. The molecule has 4 aromatic rings. The van der Waals surface area contributed by atoms with Crippen molar-refractivity contribution in [2.24, 2.45) is 4.99 Å². The van der Waals surface area contributed by atoms with Crippen molar-refractivity contribution in [3.05, 3.63) is 84.9 Å². The molecule has 0 amide bonds. The minimum atomic E-state index is 0.717. The Bertz CT molecular complexity index is 1120. The maximum atomic E-state index is 4.81. The first-order chi connectivity index (χ1) is 13.8. The smallest absolute Gasteiger partial charge is 0.203 e. The minimum Gasteiger partial charge on any atom is -0.325 e. The fourth-order valence-corrected chi connectivity index (χ4v) is 3.67. The molecule has 3 heteroatoms. The van der Waals surface area contributed by atoms with E-state index in [9.17, 15) is 0 Å². The third kappa shape index (κ3) is 3.44. The van der Waals surface area contributed by atoms with Crippen LogP contribution in [0.1, 0.15) is 13.8 Å². The lowest BCUT2D eigenvalue weighted by Crippen LogP contribution is -2.36. The number of hydrogen-bond acceptors (Lipinski definition) is 1. The Balaban J connectivity index is 1.79. The minimum absolute atomic E-state index is 0.717. The van der Waals surface area contributed by atoms with Crippen LogP contribution in [0.4, 0.5) is 11.4 Å². The van der Waals surface area contributed by atoms with Crippen molar-refractivity contribution >= 4 is 38.9 Å². The van der Waals surface area contributed by atoms with Crippen molar-refractivity contribution in [3.8, 4) is 0 Å². The zero-order valence-electron chi connectivity index (χ0n) is 16.4. The van der Waals surface area contributed by atoms with E-state index in [4.69, 9.17) is 4.99 Å². The van der Waals surface area contributed by atoms with E-state index in [0.29, 0.717) is 6.54 Å². The molecule has 3 nitrogen and oxygen atoms in total. The van der Waals surface area contributed by atoms with Crippen LogP contribution in [0.15, 0.2) is 89.9 Å². The van der Waals surface area contributed by atoms with Crippen molar-refractivity contribution in [2.45, 2.75) is 13.8 Å². The molecule has 0 bridgehead atoms. The summed E-state index contributed by atoms with van der Waals surface area (Å²) < 4.78 is 0. The van der Waals surface area contributed by atoms with E-state index in [2.05, 4.69) is 109 Å². The van der Waals surface area contributed by atoms with E-state index in [0.717, 1.165) is 18.2 Å². The number of nitrogens with one attached hydrogen (secondary N) is 1. The Hall–Kier alpha value is -3.33. The lowest BCUT2D eigenvalue weighted by molar-refractivity contribution is 1.02. The Morgan fingerprint density at radius 3 is 2.07 bits per heavy atom. The molecule has 0 atom stereocenters. The highest BCUT2D eigenvalue weighted by Gasteiger charge is 2.15. The average molecular weight is 367 g/mol. The van der Waals surface area contributed by atoms with E-state index >= 15 is 0 Å². The molecule has 4 aromatic carbocycles. The summed E-state index contributed by atoms with van der Waals surface area (Å²) in [6.45, 7) is 5.78. The predicted molar refractivity (Wildman–Crippen MR) is 123 cm³/mol. The average Bonchev–Trinajstić information content (AvgIpc) is 2.75. The van der Waals surface area contributed by atoms with E-state index in [1.807, 2.05) is 0 Å². The number of aliphatic imine (C=N–C) groups is 1. The van der Waals surface area contributed by atoms with E-state index in [1.165, 1.54) is 27.2 Å². The van der Waals surface area contributed by atoms with Crippen LogP contribution in [-0.2, 0) is 0 Å². The molecule has 0 heterocycles. The van der Waals surface area contributed by atoms with Gasteiger partial charge >= 0.3 is 0 Å². The molecular formula is C25H25N3. The summed E-state index contributed by atoms with van der Waals surface area (Å²) in [5.74, 6) is 0.873. The number of guanidine groups is 1. The number of nitrogens with zero attached hydrogens (tertiary/aromatic N) is 2. The van der Waals surface area contributed by atoms with Crippen molar-refractivity contribution < 1.29 is 0 Å². The SMILES string of the molecule is CCN=C(Nc1cccc2ccccc12)N(CC)c1cccc2ccccc12. The molecule has 140 valence electrons. The quantitative estimate of drug-likeness (QED) is 0.338. The van der Waals surface area contributed by atoms with Crippen LogP contribution in [0.3, 0.4) is 0 Å². The second-order valence-corrected chi connectivity index (χ2v) is 6.69. The van der Waals surface area contributed by atoms with Gasteiger partial charge in [0, 0.05) is 29.5 Å². The number of rotatable bonds is 4.